The Balaban J connectivity index is 2.40. The summed E-state index contributed by atoms with van der Waals surface area (Å²) in [5.74, 6) is -1.52. The summed E-state index contributed by atoms with van der Waals surface area (Å²) >= 11 is 1.15. The number of rotatable bonds is 6. The van der Waals surface area contributed by atoms with Crippen LogP contribution in [0.15, 0.2) is 5.38 Å². The van der Waals surface area contributed by atoms with Crippen LogP contribution in [0.5, 0.6) is 0 Å². The Labute approximate surface area is 119 Å². The van der Waals surface area contributed by atoms with Crippen molar-refractivity contribution in [2.75, 3.05) is 13.7 Å². The van der Waals surface area contributed by atoms with Gasteiger partial charge in [-0.05, 0) is 6.92 Å². The molecule has 1 unspecified atom stereocenters. The topological polar surface area (TPSA) is 118 Å². The van der Waals surface area contributed by atoms with E-state index in [1.54, 1.807) is 6.92 Å². The summed E-state index contributed by atoms with van der Waals surface area (Å²) in [4.78, 5) is 36.9. The van der Waals surface area contributed by atoms with Gasteiger partial charge in [-0.3, -0.25) is 4.79 Å². The molecule has 1 heterocycles. The molecule has 3 N–H and O–H groups in total. The Kier molecular flexibility index (Phi) is 5.91. The van der Waals surface area contributed by atoms with Crippen molar-refractivity contribution < 1.29 is 24.2 Å². The van der Waals surface area contributed by atoms with E-state index in [0.717, 1.165) is 11.3 Å². The lowest BCUT2D eigenvalue weighted by Gasteiger charge is -2.11. The van der Waals surface area contributed by atoms with E-state index in [4.69, 9.17) is 5.11 Å². The number of esters is 1. The van der Waals surface area contributed by atoms with Gasteiger partial charge in [0.05, 0.1) is 19.6 Å². The molecule has 0 aromatic carbocycles. The maximum Gasteiger partial charge on any atom is 0.355 e. The molecule has 8 nitrogen and oxygen atoms in total. The quantitative estimate of drug-likeness (QED) is 0.668. The molecule has 0 saturated carbocycles. The predicted molar refractivity (Wildman–Crippen MR) is 70.7 cm³/mol. The third kappa shape index (κ3) is 4.84. The number of thiazole rings is 1. The molecule has 1 atom stereocenters. The van der Waals surface area contributed by atoms with Crippen molar-refractivity contribution in [2.24, 2.45) is 0 Å². The fourth-order valence-corrected chi connectivity index (χ4v) is 2.07. The molecule has 0 spiro atoms. The van der Waals surface area contributed by atoms with Gasteiger partial charge in [-0.15, -0.1) is 11.3 Å². The van der Waals surface area contributed by atoms with Gasteiger partial charge in [0.25, 0.3) is 0 Å². The van der Waals surface area contributed by atoms with Crippen molar-refractivity contribution in [3.05, 3.63) is 16.1 Å². The molecule has 110 valence electrons. The number of ether oxygens (including phenoxy) is 1. The van der Waals surface area contributed by atoms with Crippen molar-refractivity contribution in [3.63, 3.8) is 0 Å². The molecule has 0 saturated heterocycles. The van der Waals surface area contributed by atoms with Crippen LogP contribution in [-0.2, 0) is 9.53 Å². The number of aromatic nitrogens is 1. The SMILES string of the molecule is COC(=O)CCNC(=O)NC(C)c1nc(C(=O)O)cs1. The lowest BCUT2D eigenvalue weighted by molar-refractivity contribution is -0.140. The van der Waals surface area contributed by atoms with Gasteiger partial charge in [-0.1, -0.05) is 0 Å². The maximum atomic E-state index is 11.5. The van der Waals surface area contributed by atoms with Gasteiger partial charge in [0.15, 0.2) is 5.69 Å². The second kappa shape index (κ2) is 7.43. The highest BCUT2D eigenvalue weighted by atomic mass is 32.1. The summed E-state index contributed by atoms with van der Waals surface area (Å²) in [6.45, 7) is 1.84. The van der Waals surface area contributed by atoms with Crippen molar-refractivity contribution >= 4 is 29.3 Å². The first kappa shape index (κ1) is 15.9. The minimum atomic E-state index is -1.11. The largest absolute Gasteiger partial charge is 0.476 e. The van der Waals surface area contributed by atoms with Gasteiger partial charge < -0.3 is 20.5 Å². The third-order valence-corrected chi connectivity index (χ3v) is 3.33. The van der Waals surface area contributed by atoms with Crippen LogP contribution in [0.2, 0.25) is 0 Å². The maximum absolute atomic E-state index is 11.5. The Morgan fingerprint density at radius 3 is 2.75 bits per heavy atom. The molecule has 1 aromatic heterocycles. The minimum absolute atomic E-state index is 0.0512. The number of nitrogens with one attached hydrogen (secondary N) is 2. The molecule has 1 rings (SSSR count). The molecule has 0 bridgehead atoms. The molecular weight excluding hydrogens is 286 g/mol. The number of carboxylic acid groups (broad SMARTS) is 1. The first-order valence-corrected chi connectivity index (χ1v) is 6.62. The zero-order valence-corrected chi connectivity index (χ0v) is 11.8. The molecule has 0 fully saturated rings. The summed E-state index contributed by atoms with van der Waals surface area (Å²) in [5.41, 5.74) is -0.0512. The predicted octanol–water partition coefficient (Wildman–Crippen LogP) is 0.765. The van der Waals surface area contributed by atoms with E-state index in [0.29, 0.717) is 5.01 Å². The molecule has 20 heavy (non-hydrogen) atoms. The number of urea groups is 1. The summed E-state index contributed by atoms with van der Waals surface area (Å²) in [5, 5.41) is 15.7. The number of aromatic carboxylic acids is 1. The lowest BCUT2D eigenvalue weighted by atomic mass is 10.3. The smallest absolute Gasteiger partial charge is 0.355 e. The molecule has 0 radical (unpaired) electrons. The van der Waals surface area contributed by atoms with E-state index in [2.05, 4.69) is 20.4 Å². The third-order valence-electron chi connectivity index (χ3n) is 2.30. The van der Waals surface area contributed by atoms with Gasteiger partial charge in [0, 0.05) is 11.9 Å². The first-order chi connectivity index (χ1) is 9.43. The molecule has 0 aliphatic carbocycles. The van der Waals surface area contributed by atoms with Crippen LogP contribution in [-0.4, -0.2) is 41.7 Å². The Morgan fingerprint density at radius 2 is 2.20 bits per heavy atom. The van der Waals surface area contributed by atoms with Crippen LogP contribution in [0.3, 0.4) is 0 Å². The van der Waals surface area contributed by atoms with E-state index < -0.39 is 24.0 Å². The average molecular weight is 301 g/mol. The molecule has 9 heteroatoms. The number of hydrogen-bond donors (Lipinski definition) is 3. The number of carbonyl (C=O) groups is 3. The minimum Gasteiger partial charge on any atom is -0.476 e. The van der Waals surface area contributed by atoms with Crippen LogP contribution in [0.1, 0.15) is 34.9 Å². The van der Waals surface area contributed by atoms with Gasteiger partial charge in [0.1, 0.15) is 5.01 Å². The second-order valence-corrected chi connectivity index (χ2v) is 4.71. The van der Waals surface area contributed by atoms with E-state index in [1.165, 1.54) is 12.5 Å². The summed E-state index contributed by atoms with van der Waals surface area (Å²) in [6, 6.07) is -0.889. The van der Waals surface area contributed by atoms with E-state index >= 15 is 0 Å². The van der Waals surface area contributed by atoms with Gasteiger partial charge >= 0.3 is 18.0 Å². The van der Waals surface area contributed by atoms with E-state index in [-0.39, 0.29) is 18.7 Å². The Morgan fingerprint density at radius 1 is 1.50 bits per heavy atom. The second-order valence-electron chi connectivity index (χ2n) is 3.82. The zero-order valence-electron chi connectivity index (χ0n) is 11.0. The number of nitrogens with zero attached hydrogens (tertiary/aromatic N) is 1. The van der Waals surface area contributed by atoms with Crippen LogP contribution in [0.25, 0.3) is 0 Å². The highest BCUT2D eigenvalue weighted by molar-refractivity contribution is 7.09. The number of amides is 2. The fraction of sp³-hybridized carbons (Fsp3) is 0.455. The van der Waals surface area contributed by atoms with Crippen molar-refractivity contribution in [3.8, 4) is 0 Å². The van der Waals surface area contributed by atoms with Crippen LogP contribution in [0, 0.1) is 0 Å². The number of carbonyl (C=O) groups excluding carboxylic acids is 2. The van der Waals surface area contributed by atoms with Crippen LogP contribution >= 0.6 is 11.3 Å². The molecular formula is C11H15N3O5S. The first-order valence-electron chi connectivity index (χ1n) is 5.74. The summed E-state index contributed by atoms with van der Waals surface area (Å²) in [6.07, 6.45) is 0.0821. The number of methoxy groups -OCH3 is 1. The zero-order chi connectivity index (χ0) is 15.1. The highest BCUT2D eigenvalue weighted by Crippen LogP contribution is 2.17. The van der Waals surface area contributed by atoms with E-state index in [9.17, 15) is 14.4 Å². The van der Waals surface area contributed by atoms with Gasteiger partial charge in [0.2, 0.25) is 0 Å². The fourth-order valence-electron chi connectivity index (χ4n) is 1.27. The van der Waals surface area contributed by atoms with Gasteiger partial charge in [-0.2, -0.15) is 0 Å². The summed E-state index contributed by atoms with van der Waals surface area (Å²) in [7, 11) is 1.27. The monoisotopic (exact) mass is 301 g/mol. The van der Waals surface area contributed by atoms with Crippen LogP contribution in [0.4, 0.5) is 4.79 Å². The standard InChI is InChI=1S/C11H15N3O5S/c1-6(9-14-7(5-20-9)10(16)17)13-11(18)12-4-3-8(15)19-2/h5-6H,3-4H2,1-2H3,(H,16,17)(H2,12,13,18). The van der Waals surface area contributed by atoms with Crippen LogP contribution < -0.4 is 10.6 Å². The van der Waals surface area contributed by atoms with Crippen molar-refractivity contribution in [1.82, 2.24) is 15.6 Å². The highest BCUT2D eigenvalue weighted by Gasteiger charge is 2.15. The number of hydrogen-bond acceptors (Lipinski definition) is 6. The molecule has 1 aromatic rings. The number of carboxylic acids is 1. The van der Waals surface area contributed by atoms with Crippen molar-refractivity contribution in [2.45, 2.75) is 19.4 Å². The molecule has 2 amide bonds. The Bertz CT molecular complexity index is 502. The van der Waals surface area contributed by atoms with E-state index in [1.807, 2.05) is 0 Å². The molecule has 0 aliphatic rings. The van der Waals surface area contributed by atoms with Crippen molar-refractivity contribution in [1.29, 1.82) is 0 Å². The molecule has 0 aliphatic heterocycles. The Hall–Kier alpha value is -2.16. The summed E-state index contributed by atoms with van der Waals surface area (Å²) < 4.78 is 4.43. The average Bonchev–Trinajstić information content (AvgIpc) is 2.88. The normalized spacial score (nSPS) is 11.5. The van der Waals surface area contributed by atoms with Gasteiger partial charge in [-0.25, -0.2) is 14.6 Å². The lowest BCUT2D eigenvalue weighted by Crippen LogP contribution is -2.38.